The van der Waals surface area contributed by atoms with Crippen molar-refractivity contribution in [2.75, 3.05) is 5.73 Å². The number of nitrogens with two attached hydrogens (primary N) is 1. The van der Waals surface area contributed by atoms with Gasteiger partial charge in [0.2, 0.25) is 0 Å². The summed E-state index contributed by atoms with van der Waals surface area (Å²) in [6.45, 7) is 0. The van der Waals surface area contributed by atoms with Crippen LogP contribution in [0.1, 0.15) is 10.4 Å². The van der Waals surface area contributed by atoms with Crippen molar-refractivity contribution in [2.24, 2.45) is 0 Å². The van der Waals surface area contributed by atoms with Crippen molar-refractivity contribution in [1.29, 1.82) is 0 Å². The molecule has 0 unspecified atom stereocenters. The van der Waals surface area contributed by atoms with Crippen molar-refractivity contribution in [3.8, 4) is 11.4 Å². The van der Waals surface area contributed by atoms with Crippen LogP contribution >= 0.6 is 0 Å². The Morgan fingerprint density at radius 3 is 2.55 bits per heavy atom. The molecule has 0 aliphatic carbocycles. The van der Waals surface area contributed by atoms with Gasteiger partial charge in [-0.1, -0.05) is 0 Å². The highest BCUT2D eigenvalue weighted by Gasteiger charge is 2.12. The Morgan fingerprint density at radius 2 is 1.85 bits per heavy atom. The molecule has 3 rings (SSSR count). The number of aromatic nitrogens is 4. The lowest BCUT2D eigenvalue weighted by Gasteiger charge is -2.04. The normalized spacial score (nSPS) is 10.6. The van der Waals surface area contributed by atoms with E-state index in [9.17, 15) is 4.79 Å². The fraction of sp³-hybridized carbons (Fsp3) is 0. The van der Waals surface area contributed by atoms with E-state index >= 15 is 0 Å². The van der Waals surface area contributed by atoms with Gasteiger partial charge < -0.3 is 10.8 Å². The summed E-state index contributed by atoms with van der Waals surface area (Å²) in [5.74, 6) is -0.875. The molecule has 7 heteroatoms. The summed E-state index contributed by atoms with van der Waals surface area (Å²) in [5, 5.41) is 8.89. The highest BCUT2D eigenvalue weighted by Crippen LogP contribution is 2.20. The van der Waals surface area contributed by atoms with Gasteiger partial charge in [0.25, 0.3) is 0 Å². The molecule has 0 spiro atoms. The van der Waals surface area contributed by atoms with Crippen molar-refractivity contribution >= 4 is 22.8 Å². The molecule has 0 bridgehead atoms. The summed E-state index contributed by atoms with van der Waals surface area (Å²) < 4.78 is 0. The number of anilines is 1. The van der Waals surface area contributed by atoms with Gasteiger partial charge in [-0.15, -0.1) is 0 Å². The minimum absolute atomic E-state index is 0.0678. The smallest absolute Gasteiger partial charge is 0.341 e. The monoisotopic (exact) mass is 267 g/mol. The fourth-order valence-corrected chi connectivity index (χ4v) is 1.80. The molecule has 0 atom stereocenters. The maximum Gasteiger partial charge on any atom is 0.341 e. The molecule has 3 aromatic rings. The summed E-state index contributed by atoms with van der Waals surface area (Å²) in [7, 11) is 0. The van der Waals surface area contributed by atoms with Crippen LogP contribution in [0.25, 0.3) is 22.4 Å². The summed E-state index contributed by atoms with van der Waals surface area (Å²) in [6, 6.07) is 5.35. The average Bonchev–Trinajstić information content (AvgIpc) is 2.46. The van der Waals surface area contributed by atoms with E-state index in [-0.39, 0.29) is 11.4 Å². The summed E-state index contributed by atoms with van der Waals surface area (Å²) >= 11 is 0. The van der Waals surface area contributed by atoms with Crippen molar-refractivity contribution in [2.45, 2.75) is 0 Å². The van der Waals surface area contributed by atoms with Gasteiger partial charge >= 0.3 is 5.97 Å². The second-order valence-corrected chi connectivity index (χ2v) is 4.06. The lowest BCUT2D eigenvalue weighted by molar-refractivity contribution is 0.0697. The number of carboxylic acids is 1. The maximum atomic E-state index is 10.9. The molecule has 0 saturated heterocycles. The van der Waals surface area contributed by atoms with Crippen LogP contribution in [-0.2, 0) is 0 Å². The summed E-state index contributed by atoms with van der Waals surface area (Å²) in [4.78, 5) is 27.3. The zero-order valence-corrected chi connectivity index (χ0v) is 10.2. The van der Waals surface area contributed by atoms with Gasteiger partial charge in [-0.25, -0.2) is 14.8 Å². The van der Waals surface area contributed by atoms with Crippen LogP contribution in [0.15, 0.2) is 36.8 Å². The lowest BCUT2D eigenvalue weighted by Crippen LogP contribution is -2.06. The summed E-state index contributed by atoms with van der Waals surface area (Å²) in [6.07, 6.45) is 4.40. The Labute approximate surface area is 113 Å². The van der Waals surface area contributed by atoms with Crippen molar-refractivity contribution < 1.29 is 9.90 Å². The molecular formula is C13H9N5O2. The van der Waals surface area contributed by atoms with Crippen molar-refractivity contribution in [3.05, 3.63) is 42.4 Å². The number of hydrogen-bond acceptors (Lipinski definition) is 6. The topological polar surface area (TPSA) is 115 Å². The first-order valence-electron chi connectivity index (χ1n) is 5.72. The van der Waals surface area contributed by atoms with E-state index < -0.39 is 5.97 Å². The molecule has 2 heterocycles. The molecule has 20 heavy (non-hydrogen) atoms. The molecule has 1 aromatic carbocycles. The number of nitrogen functional groups attached to an aromatic ring is 1. The zero-order chi connectivity index (χ0) is 14.1. The zero-order valence-electron chi connectivity index (χ0n) is 10.2. The first-order chi connectivity index (χ1) is 9.65. The van der Waals surface area contributed by atoms with Gasteiger partial charge in [0.1, 0.15) is 11.4 Å². The molecule has 0 fully saturated rings. The molecule has 0 aliphatic heterocycles. The third-order valence-corrected chi connectivity index (χ3v) is 2.78. The third-order valence-electron chi connectivity index (χ3n) is 2.78. The van der Waals surface area contributed by atoms with E-state index in [0.29, 0.717) is 16.9 Å². The van der Waals surface area contributed by atoms with Crippen LogP contribution in [-0.4, -0.2) is 31.0 Å². The average molecular weight is 267 g/mol. The number of aromatic carboxylic acids is 1. The molecule has 3 N–H and O–H groups in total. The molecule has 98 valence electrons. The van der Waals surface area contributed by atoms with E-state index in [1.807, 2.05) is 0 Å². The number of fused-ring (bicyclic) bond motifs is 1. The second kappa shape index (κ2) is 4.54. The Kier molecular flexibility index (Phi) is 2.72. The largest absolute Gasteiger partial charge is 0.477 e. The Bertz CT molecular complexity index is 819. The van der Waals surface area contributed by atoms with Gasteiger partial charge in [-0.2, -0.15) is 0 Å². The van der Waals surface area contributed by atoms with Crippen molar-refractivity contribution in [3.63, 3.8) is 0 Å². The second-order valence-electron chi connectivity index (χ2n) is 4.06. The van der Waals surface area contributed by atoms with Crippen molar-refractivity contribution in [1.82, 2.24) is 19.9 Å². The van der Waals surface area contributed by atoms with E-state index in [1.165, 1.54) is 6.20 Å². The standard InChI is InChI=1S/C13H9N5O2/c14-11-8(13(19)20)6-17-12(18-11)7-1-2-9-10(5-7)16-4-3-15-9/h1-6H,(H,19,20)(H2,14,17,18). The Balaban J connectivity index is 2.11. The van der Waals surface area contributed by atoms with Gasteiger partial charge in [-0.05, 0) is 18.2 Å². The van der Waals surface area contributed by atoms with Gasteiger partial charge in [0.05, 0.1) is 11.0 Å². The SMILES string of the molecule is Nc1nc(-c2ccc3nccnc3c2)ncc1C(=O)O. The van der Waals surface area contributed by atoms with Crippen LogP contribution in [0.4, 0.5) is 5.82 Å². The Hall–Kier alpha value is -3.09. The van der Waals surface area contributed by atoms with Gasteiger partial charge in [0.15, 0.2) is 5.82 Å². The number of carboxylic acid groups (broad SMARTS) is 1. The van der Waals surface area contributed by atoms with E-state index in [0.717, 1.165) is 5.52 Å². The quantitative estimate of drug-likeness (QED) is 0.720. The predicted molar refractivity (Wildman–Crippen MR) is 71.9 cm³/mol. The highest BCUT2D eigenvalue weighted by atomic mass is 16.4. The number of hydrogen-bond donors (Lipinski definition) is 2. The van der Waals surface area contributed by atoms with Crippen LogP contribution in [0.5, 0.6) is 0 Å². The summed E-state index contributed by atoms with van der Waals surface area (Å²) in [5.41, 5.74) is 7.65. The highest BCUT2D eigenvalue weighted by molar-refractivity contribution is 5.92. The number of benzene rings is 1. The molecule has 0 amide bonds. The molecular weight excluding hydrogens is 258 g/mol. The number of rotatable bonds is 2. The van der Waals surface area contributed by atoms with Gasteiger partial charge in [0, 0.05) is 24.2 Å². The lowest BCUT2D eigenvalue weighted by atomic mass is 10.1. The number of nitrogens with zero attached hydrogens (tertiary/aromatic N) is 4. The van der Waals surface area contributed by atoms with Crippen LogP contribution in [0.3, 0.4) is 0 Å². The van der Waals surface area contributed by atoms with E-state index in [4.69, 9.17) is 10.8 Å². The van der Waals surface area contributed by atoms with E-state index in [1.54, 1.807) is 30.6 Å². The fourth-order valence-electron chi connectivity index (χ4n) is 1.80. The third kappa shape index (κ3) is 2.01. The van der Waals surface area contributed by atoms with Crippen LogP contribution in [0.2, 0.25) is 0 Å². The minimum atomic E-state index is -1.15. The first-order valence-corrected chi connectivity index (χ1v) is 5.72. The maximum absolute atomic E-state index is 10.9. The molecule has 0 aliphatic rings. The Morgan fingerprint density at radius 1 is 1.10 bits per heavy atom. The van der Waals surface area contributed by atoms with Crippen LogP contribution < -0.4 is 5.73 Å². The molecule has 0 saturated carbocycles. The molecule has 0 radical (unpaired) electrons. The van der Waals surface area contributed by atoms with Crippen LogP contribution in [0, 0.1) is 0 Å². The first kappa shape index (κ1) is 12.0. The molecule has 7 nitrogen and oxygen atoms in total. The molecule has 2 aromatic heterocycles. The van der Waals surface area contributed by atoms with Gasteiger partial charge in [-0.3, -0.25) is 9.97 Å². The number of carbonyl (C=O) groups is 1. The van der Waals surface area contributed by atoms with E-state index in [2.05, 4.69) is 19.9 Å². The predicted octanol–water partition coefficient (Wildman–Crippen LogP) is 1.37. The minimum Gasteiger partial charge on any atom is -0.477 e.